The van der Waals surface area contributed by atoms with Crippen LogP contribution in [-0.4, -0.2) is 25.3 Å². The van der Waals surface area contributed by atoms with Crippen molar-refractivity contribution in [2.75, 3.05) is 19.5 Å². The number of carbonyl (C=O) groups is 1. The molecule has 1 N–H and O–H groups in total. The van der Waals surface area contributed by atoms with Crippen molar-refractivity contribution < 1.29 is 18.8 Å². The number of nitrogens with zero attached hydrogens (tertiary/aromatic N) is 1. The molecule has 0 aliphatic carbocycles. The third kappa shape index (κ3) is 3.62. The lowest BCUT2D eigenvalue weighted by molar-refractivity contribution is 0.102. The Labute approximate surface area is 172 Å². The zero-order valence-corrected chi connectivity index (χ0v) is 16.5. The smallest absolute Gasteiger partial charge is 0.255 e. The van der Waals surface area contributed by atoms with Crippen LogP contribution in [-0.2, 0) is 0 Å². The molecule has 1 heterocycles. The minimum atomic E-state index is -0.310. The van der Waals surface area contributed by atoms with Crippen LogP contribution in [0.1, 0.15) is 10.4 Å². The van der Waals surface area contributed by atoms with Gasteiger partial charge in [-0.2, -0.15) is 0 Å². The van der Waals surface area contributed by atoms with E-state index in [4.69, 9.17) is 25.6 Å². The maximum absolute atomic E-state index is 12.9. The van der Waals surface area contributed by atoms with E-state index in [2.05, 4.69) is 10.5 Å². The zero-order chi connectivity index (χ0) is 20.4. The van der Waals surface area contributed by atoms with Gasteiger partial charge in [-0.3, -0.25) is 4.79 Å². The second-order valence-electron chi connectivity index (χ2n) is 6.25. The molecule has 0 aliphatic rings. The molecule has 1 aromatic heterocycles. The molecule has 0 saturated carbocycles. The lowest BCUT2D eigenvalue weighted by Crippen LogP contribution is -2.12. The topological polar surface area (TPSA) is 73.6 Å². The summed E-state index contributed by atoms with van der Waals surface area (Å²) in [5, 5.41) is 8.07. The zero-order valence-electron chi connectivity index (χ0n) is 15.7. The number of carbonyl (C=O) groups excluding carboxylic acids is 1. The summed E-state index contributed by atoms with van der Waals surface area (Å²) in [7, 11) is 3.01. The number of hydrogen-bond acceptors (Lipinski definition) is 5. The van der Waals surface area contributed by atoms with Gasteiger partial charge in [0.2, 0.25) is 0 Å². The predicted molar refractivity (Wildman–Crippen MR) is 112 cm³/mol. The van der Waals surface area contributed by atoms with Crippen LogP contribution in [0.15, 0.2) is 65.2 Å². The second kappa shape index (κ2) is 7.85. The van der Waals surface area contributed by atoms with Crippen molar-refractivity contribution in [3.63, 3.8) is 0 Å². The van der Waals surface area contributed by atoms with Gasteiger partial charge in [-0.25, -0.2) is 0 Å². The fraction of sp³-hybridized carbons (Fsp3) is 0.0909. The molecule has 0 spiro atoms. The van der Waals surface area contributed by atoms with Crippen LogP contribution < -0.4 is 14.8 Å². The number of halogens is 1. The molecule has 4 aromatic rings. The molecule has 0 radical (unpaired) electrons. The highest BCUT2D eigenvalue weighted by Crippen LogP contribution is 2.36. The summed E-state index contributed by atoms with van der Waals surface area (Å²) < 4.78 is 16.0. The van der Waals surface area contributed by atoms with E-state index in [1.807, 2.05) is 30.3 Å². The molecule has 0 unspecified atom stereocenters. The molecule has 0 aliphatic heterocycles. The average Bonchev–Trinajstić information content (AvgIpc) is 3.18. The Kier molecular flexibility index (Phi) is 5.10. The highest BCUT2D eigenvalue weighted by atomic mass is 35.5. The van der Waals surface area contributed by atoms with Crippen LogP contribution >= 0.6 is 11.6 Å². The van der Waals surface area contributed by atoms with E-state index in [1.165, 1.54) is 14.2 Å². The summed E-state index contributed by atoms with van der Waals surface area (Å²) in [6.45, 7) is 0. The molecule has 0 bridgehead atoms. The van der Waals surface area contributed by atoms with E-state index in [1.54, 1.807) is 30.3 Å². The summed E-state index contributed by atoms with van der Waals surface area (Å²) in [6.07, 6.45) is 0. The van der Waals surface area contributed by atoms with E-state index in [0.29, 0.717) is 39.0 Å². The van der Waals surface area contributed by atoms with Gasteiger partial charge >= 0.3 is 0 Å². The van der Waals surface area contributed by atoms with Gasteiger partial charge in [0.05, 0.1) is 30.3 Å². The fourth-order valence-electron chi connectivity index (χ4n) is 3.03. The lowest BCUT2D eigenvalue weighted by atomic mass is 10.1. The highest BCUT2D eigenvalue weighted by Gasteiger charge is 2.16. The molecule has 146 valence electrons. The number of fused-ring (bicyclic) bond motifs is 1. The van der Waals surface area contributed by atoms with Gasteiger partial charge in [0.15, 0.2) is 5.76 Å². The van der Waals surface area contributed by atoms with Crippen LogP contribution in [0.2, 0.25) is 5.02 Å². The Morgan fingerprint density at radius 2 is 1.76 bits per heavy atom. The quantitative estimate of drug-likeness (QED) is 0.477. The number of rotatable bonds is 5. The van der Waals surface area contributed by atoms with Crippen LogP contribution in [0.3, 0.4) is 0 Å². The summed E-state index contributed by atoms with van der Waals surface area (Å²) in [6, 6.07) is 18.0. The van der Waals surface area contributed by atoms with E-state index < -0.39 is 0 Å². The van der Waals surface area contributed by atoms with Crippen molar-refractivity contribution in [2.45, 2.75) is 0 Å². The standard InChI is InChI=1S/C22H17ClN2O4/c1-27-19-12-18(20(28-2)11-16(19)23)24-22(26)14-8-9-17-15(10-14)21(29-25-17)13-6-4-3-5-7-13/h3-12H,1-2H3,(H,24,26). The van der Waals surface area contributed by atoms with Crippen molar-refractivity contribution in [3.8, 4) is 22.8 Å². The van der Waals surface area contributed by atoms with Gasteiger partial charge in [0.1, 0.15) is 17.0 Å². The van der Waals surface area contributed by atoms with Gasteiger partial charge in [-0.1, -0.05) is 47.1 Å². The number of amides is 1. The normalized spacial score (nSPS) is 10.7. The van der Waals surface area contributed by atoms with Crippen molar-refractivity contribution >= 4 is 34.1 Å². The summed E-state index contributed by atoms with van der Waals surface area (Å²) in [5.74, 6) is 1.17. The first-order valence-corrected chi connectivity index (χ1v) is 9.16. The van der Waals surface area contributed by atoms with Gasteiger partial charge in [0, 0.05) is 23.3 Å². The third-order valence-corrected chi connectivity index (χ3v) is 4.79. The molecular weight excluding hydrogens is 392 g/mol. The van der Waals surface area contributed by atoms with Gasteiger partial charge < -0.3 is 19.3 Å². The van der Waals surface area contributed by atoms with Crippen molar-refractivity contribution in [2.24, 2.45) is 0 Å². The average molecular weight is 409 g/mol. The van der Waals surface area contributed by atoms with Crippen LogP contribution in [0.4, 0.5) is 5.69 Å². The van der Waals surface area contributed by atoms with Crippen LogP contribution in [0, 0.1) is 0 Å². The molecule has 1 amide bonds. The minimum absolute atomic E-state index is 0.310. The van der Waals surface area contributed by atoms with Crippen molar-refractivity contribution in [1.29, 1.82) is 0 Å². The molecular formula is C22H17ClN2O4. The van der Waals surface area contributed by atoms with Gasteiger partial charge in [-0.05, 0) is 18.2 Å². The molecule has 4 rings (SSSR count). The largest absolute Gasteiger partial charge is 0.495 e. The number of anilines is 1. The number of benzene rings is 3. The molecule has 0 saturated heterocycles. The number of aromatic nitrogens is 1. The van der Waals surface area contributed by atoms with E-state index in [-0.39, 0.29) is 5.91 Å². The second-order valence-corrected chi connectivity index (χ2v) is 6.66. The highest BCUT2D eigenvalue weighted by molar-refractivity contribution is 6.32. The van der Waals surface area contributed by atoms with Gasteiger partial charge in [0.25, 0.3) is 5.91 Å². The first-order valence-electron chi connectivity index (χ1n) is 8.78. The van der Waals surface area contributed by atoms with E-state index in [9.17, 15) is 4.79 Å². The first kappa shape index (κ1) is 18.8. The molecule has 0 atom stereocenters. The molecule has 29 heavy (non-hydrogen) atoms. The van der Waals surface area contributed by atoms with Crippen molar-refractivity contribution in [3.05, 3.63) is 71.2 Å². The fourth-order valence-corrected chi connectivity index (χ4v) is 3.26. The SMILES string of the molecule is COc1cc(NC(=O)c2ccc3noc(-c4ccccc4)c3c2)c(OC)cc1Cl. The molecule has 3 aromatic carbocycles. The Morgan fingerprint density at radius 3 is 2.48 bits per heavy atom. The number of hydrogen-bond donors (Lipinski definition) is 1. The maximum Gasteiger partial charge on any atom is 0.255 e. The Balaban J connectivity index is 1.69. The summed E-state index contributed by atoms with van der Waals surface area (Å²) >= 11 is 6.13. The van der Waals surface area contributed by atoms with E-state index in [0.717, 1.165) is 10.9 Å². The minimum Gasteiger partial charge on any atom is -0.495 e. The van der Waals surface area contributed by atoms with E-state index >= 15 is 0 Å². The van der Waals surface area contributed by atoms with Gasteiger partial charge in [-0.15, -0.1) is 0 Å². The summed E-state index contributed by atoms with van der Waals surface area (Å²) in [5.41, 5.74) is 2.46. The predicted octanol–water partition coefficient (Wildman–Crippen LogP) is 5.42. The Bertz CT molecular complexity index is 1190. The number of methoxy groups -OCH3 is 2. The number of nitrogens with one attached hydrogen (secondary N) is 1. The lowest BCUT2D eigenvalue weighted by Gasteiger charge is -2.13. The molecule has 7 heteroatoms. The number of ether oxygens (including phenoxy) is 2. The monoisotopic (exact) mass is 408 g/mol. The van der Waals surface area contributed by atoms with Crippen LogP contribution in [0.5, 0.6) is 11.5 Å². The first-order chi connectivity index (χ1) is 14.1. The van der Waals surface area contributed by atoms with Crippen LogP contribution in [0.25, 0.3) is 22.2 Å². The maximum atomic E-state index is 12.9. The third-order valence-electron chi connectivity index (χ3n) is 4.50. The molecule has 6 nitrogen and oxygen atoms in total. The summed E-state index contributed by atoms with van der Waals surface area (Å²) in [4.78, 5) is 12.9. The Hall–Kier alpha value is -3.51. The Morgan fingerprint density at radius 1 is 1.00 bits per heavy atom. The van der Waals surface area contributed by atoms with Crippen molar-refractivity contribution in [1.82, 2.24) is 5.16 Å². The molecule has 0 fully saturated rings.